The number of rotatable bonds is 9. The molecule has 1 N–H and O–H groups in total. The number of aryl methyl sites for hydroxylation is 1. The summed E-state index contributed by atoms with van der Waals surface area (Å²) in [5, 5.41) is 5.68. The highest BCUT2D eigenvalue weighted by atomic mass is 32.2. The van der Waals surface area contributed by atoms with Gasteiger partial charge in [-0.15, -0.1) is 23.1 Å². The number of ether oxygens (including phenoxy) is 3. The SMILES string of the molecule is COc1cc(NC(=O)COC(=O)c2ccccc2SCc2csc(C)n2)cc(OC)c1. The Balaban J connectivity index is 1.58. The van der Waals surface area contributed by atoms with Crippen LogP contribution in [0.1, 0.15) is 21.1 Å². The highest BCUT2D eigenvalue weighted by Gasteiger charge is 2.15. The first-order chi connectivity index (χ1) is 15.0. The van der Waals surface area contributed by atoms with E-state index in [1.807, 2.05) is 24.4 Å². The molecule has 2 aromatic carbocycles. The Kier molecular flexibility index (Phi) is 7.91. The minimum atomic E-state index is -0.559. The lowest BCUT2D eigenvalue weighted by molar-refractivity contribution is -0.119. The molecular formula is C22H22N2O5S2. The van der Waals surface area contributed by atoms with E-state index in [0.29, 0.717) is 28.5 Å². The third-order valence-electron chi connectivity index (χ3n) is 4.12. The van der Waals surface area contributed by atoms with Gasteiger partial charge in [0.2, 0.25) is 0 Å². The molecule has 0 aliphatic carbocycles. The molecule has 0 bridgehead atoms. The van der Waals surface area contributed by atoms with Crippen molar-refractivity contribution in [2.75, 3.05) is 26.1 Å². The van der Waals surface area contributed by atoms with Gasteiger partial charge in [-0.2, -0.15) is 0 Å². The second-order valence-electron chi connectivity index (χ2n) is 6.37. The number of thiazole rings is 1. The number of esters is 1. The number of amides is 1. The van der Waals surface area contributed by atoms with Crippen LogP contribution >= 0.6 is 23.1 Å². The molecule has 9 heteroatoms. The summed E-state index contributed by atoms with van der Waals surface area (Å²) in [6.07, 6.45) is 0. The van der Waals surface area contributed by atoms with E-state index < -0.39 is 18.5 Å². The number of anilines is 1. The van der Waals surface area contributed by atoms with Crippen molar-refractivity contribution in [2.45, 2.75) is 17.6 Å². The smallest absolute Gasteiger partial charge is 0.339 e. The predicted octanol–water partition coefficient (Wildman–Crippen LogP) is 4.56. The van der Waals surface area contributed by atoms with Crippen LogP contribution in [0.2, 0.25) is 0 Å². The monoisotopic (exact) mass is 458 g/mol. The van der Waals surface area contributed by atoms with Gasteiger partial charge in [-0.05, 0) is 19.1 Å². The van der Waals surface area contributed by atoms with Crippen molar-refractivity contribution in [2.24, 2.45) is 0 Å². The molecule has 3 rings (SSSR count). The lowest BCUT2D eigenvalue weighted by Gasteiger charge is -2.11. The average molecular weight is 459 g/mol. The van der Waals surface area contributed by atoms with Gasteiger partial charge < -0.3 is 19.5 Å². The third-order valence-corrected chi connectivity index (χ3v) is 6.05. The zero-order chi connectivity index (χ0) is 22.2. The Morgan fingerprint density at radius 2 is 1.81 bits per heavy atom. The first-order valence-corrected chi connectivity index (χ1v) is 11.2. The molecule has 0 fully saturated rings. The highest BCUT2D eigenvalue weighted by Crippen LogP contribution is 2.28. The van der Waals surface area contributed by atoms with Crippen LogP contribution in [-0.4, -0.2) is 37.7 Å². The maximum atomic E-state index is 12.6. The minimum Gasteiger partial charge on any atom is -0.497 e. The number of thioether (sulfide) groups is 1. The van der Waals surface area contributed by atoms with E-state index in [-0.39, 0.29) is 0 Å². The Labute approximate surface area is 188 Å². The number of methoxy groups -OCH3 is 2. The summed E-state index contributed by atoms with van der Waals surface area (Å²) in [5.41, 5.74) is 1.85. The fraction of sp³-hybridized carbons (Fsp3) is 0.227. The Morgan fingerprint density at radius 3 is 2.45 bits per heavy atom. The van der Waals surface area contributed by atoms with Crippen molar-refractivity contribution in [1.82, 2.24) is 4.98 Å². The van der Waals surface area contributed by atoms with Crippen molar-refractivity contribution in [3.63, 3.8) is 0 Å². The second kappa shape index (κ2) is 10.8. The summed E-state index contributed by atoms with van der Waals surface area (Å²) in [6, 6.07) is 12.1. The number of nitrogens with one attached hydrogen (secondary N) is 1. The molecular weight excluding hydrogens is 436 g/mol. The molecule has 0 radical (unpaired) electrons. The van der Waals surface area contributed by atoms with Crippen LogP contribution in [-0.2, 0) is 15.3 Å². The highest BCUT2D eigenvalue weighted by molar-refractivity contribution is 7.98. The summed E-state index contributed by atoms with van der Waals surface area (Å²) < 4.78 is 15.6. The molecule has 162 valence electrons. The number of carbonyl (C=O) groups is 2. The maximum Gasteiger partial charge on any atom is 0.339 e. The molecule has 1 amide bonds. The van der Waals surface area contributed by atoms with Gasteiger partial charge in [0.25, 0.3) is 5.91 Å². The van der Waals surface area contributed by atoms with Crippen LogP contribution in [0.25, 0.3) is 0 Å². The average Bonchev–Trinajstić information content (AvgIpc) is 3.21. The largest absolute Gasteiger partial charge is 0.497 e. The van der Waals surface area contributed by atoms with Crippen LogP contribution in [0.4, 0.5) is 5.69 Å². The summed E-state index contributed by atoms with van der Waals surface area (Å²) in [6.45, 7) is 1.54. The molecule has 0 atom stereocenters. The number of benzene rings is 2. The number of hydrogen-bond donors (Lipinski definition) is 1. The van der Waals surface area contributed by atoms with Crippen LogP contribution < -0.4 is 14.8 Å². The van der Waals surface area contributed by atoms with Crippen molar-refractivity contribution in [3.05, 3.63) is 64.1 Å². The van der Waals surface area contributed by atoms with Gasteiger partial charge >= 0.3 is 5.97 Å². The number of aromatic nitrogens is 1. The van der Waals surface area contributed by atoms with Crippen LogP contribution in [0, 0.1) is 6.92 Å². The van der Waals surface area contributed by atoms with Crippen LogP contribution in [0.15, 0.2) is 52.7 Å². The molecule has 0 unspecified atom stereocenters. The van der Waals surface area contributed by atoms with Gasteiger partial charge in [-0.3, -0.25) is 4.79 Å². The number of carbonyl (C=O) groups excluding carboxylic acids is 2. The van der Waals surface area contributed by atoms with Gasteiger partial charge in [-0.1, -0.05) is 12.1 Å². The third kappa shape index (κ3) is 6.47. The zero-order valence-electron chi connectivity index (χ0n) is 17.3. The van der Waals surface area contributed by atoms with Gasteiger partial charge in [0.1, 0.15) is 11.5 Å². The number of nitrogens with zero attached hydrogens (tertiary/aromatic N) is 1. The van der Waals surface area contributed by atoms with Crippen molar-refractivity contribution in [1.29, 1.82) is 0 Å². The quantitative estimate of drug-likeness (QED) is 0.372. The summed E-state index contributed by atoms with van der Waals surface area (Å²) >= 11 is 3.09. The van der Waals surface area contributed by atoms with E-state index in [1.165, 1.54) is 26.0 Å². The molecule has 3 aromatic rings. The first-order valence-electron chi connectivity index (χ1n) is 9.31. The van der Waals surface area contributed by atoms with Gasteiger partial charge in [0.05, 0.1) is 30.5 Å². The topological polar surface area (TPSA) is 86.8 Å². The molecule has 1 aromatic heterocycles. The fourth-order valence-corrected chi connectivity index (χ4v) is 4.32. The van der Waals surface area contributed by atoms with E-state index in [1.54, 1.807) is 41.7 Å². The van der Waals surface area contributed by atoms with Crippen molar-refractivity contribution >= 4 is 40.7 Å². The van der Waals surface area contributed by atoms with Crippen molar-refractivity contribution in [3.8, 4) is 11.5 Å². The van der Waals surface area contributed by atoms with E-state index in [4.69, 9.17) is 14.2 Å². The van der Waals surface area contributed by atoms with Crippen molar-refractivity contribution < 1.29 is 23.8 Å². The maximum absolute atomic E-state index is 12.6. The molecule has 0 aliphatic rings. The predicted molar refractivity (Wildman–Crippen MR) is 121 cm³/mol. The van der Waals surface area contributed by atoms with Gasteiger partial charge in [-0.25, -0.2) is 9.78 Å². The Hall–Kier alpha value is -3.04. The molecule has 0 saturated heterocycles. The molecule has 0 saturated carbocycles. The standard InChI is InChI=1S/C22H22N2O5S2/c1-14-23-16(12-30-14)13-31-20-7-5-4-6-19(20)22(26)29-11-21(25)24-15-8-17(27-2)10-18(9-15)28-3/h4-10,12H,11,13H2,1-3H3,(H,24,25). The fourth-order valence-electron chi connectivity index (χ4n) is 2.67. The Bertz CT molecular complexity index is 1050. The number of hydrogen-bond acceptors (Lipinski definition) is 8. The van der Waals surface area contributed by atoms with E-state index in [2.05, 4.69) is 10.3 Å². The normalized spacial score (nSPS) is 10.4. The second-order valence-corrected chi connectivity index (χ2v) is 8.45. The lowest BCUT2D eigenvalue weighted by atomic mass is 10.2. The van der Waals surface area contributed by atoms with Gasteiger partial charge in [0.15, 0.2) is 6.61 Å². The van der Waals surface area contributed by atoms with E-state index in [0.717, 1.165) is 15.6 Å². The van der Waals surface area contributed by atoms with Crippen LogP contribution in [0.5, 0.6) is 11.5 Å². The molecule has 1 heterocycles. The van der Waals surface area contributed by atoms with E-state index in [9.17, 15) is 9.59 Å². The lowest BCUT2D eigenvalue weighted by Crippen LogP contribution is -2.21. The van der Waals surface area contributed by atoms with Crippen LogP contribution in [0.3, 0.4) is 0 Å². The Morgan fingerprint density at radius 1 is 1.10 bits per heavy atom. The molecule has 7 nitrogen and oxygen atoms in total. The minimum absolute atomic E-state index is 0.412. The zero-order valence-corrected chi connectivity index (χ0v) is 19.0. The molecule has 0 spiro atoms. The summed E-state index contributed by atoms with van der Waals surface area (Å²) in [5.74, 6) is 0.691. The first kappa shape index (κ1) is 22.6. The van der Waals surface area contributed by atoms with Gasteiger partial charge in [0, 0.05) is 39.9 Å². The molecule has 0 aliphatic heterocycles. The summed E-state index contributed by atoms with van der Waals surface area (Å²) in [7, 11) is 3.04. The summed E-state index contributed by atoms with van der Waals surface area (Å²) in [4.78, 5) is 30.0. The molecule has 31 heavy (non-hydrogen) atoms. The van der Waals surface area contributed by atoms with E-state index >= 15 is 0 Å².